The summed E-state index contributed by atoms with van der Waals surface area (Å²) < 4.78 is 8.91. The van der Waals surface area contributed by atoms with Gasteiger partial charge >= 0.3 is 11.9 Å². The number of rotatable bonds is 5. The molecule has 0 fully saturated rings. The standard InChI is InChI=1S/C14H17NO5/c1-9-4-5-11(6-10(9)2)14(18)15-7-12(16)20-8-13(17)19-3/h4-6H,7-8H2,1-3H3,(H,15,18). The van der Waals surface area contributed by atoms with E-state index in [1.165, 1.54) is 7.11 Å². The first-order valence-corrected chi connectivity index (χ1v) is 6.02. The number of amides is 1. The Kier molecular flexibility index (Phi) is 5.71. The van der Waals surface area contributed by atoms with Crippen LogP contribution >= 0.6 is 0 Å². The van der Waals surface area contributed by atoms with E-state index < -0.39 is 18.5 Å². The fourth-order valence-corrected chi connectivity index (χ4v) is 1.39. The summed E-state index contributed by atoms with van der Waals surface area (Å²) in [4.78, 5) is 33.8. The van der Waals surface area contributed by atoms with Crippen molar-refractivity contribution in [3.8, 4) is 0 Å². The third-order valence-electron chi connectivity index (χ3n) is 2.74. The molecule has 1 rings (SSSR count). The van der Waals surface area contributed by atoms with Crippen LogP contribution < -0.4 is 5.32 Å². The minimum absolute atomic E-state index is 0.303. The average molecular weight is 279 g/mol. The second kappa shape index (κ2) is 7.28. The predicted molar refractivity (Wildman–Crippen MR) is 71.2 cm³/mol. The van der Waals surface area contributed by atoms with Crippen molar-refractivity contribution in [2.24, 2.45) is 0 Å². The number of hydrogen-bond acceptors (Lipinski definition) is 5. The van der Waals surface area contributed by atoms with Gasteiger partial charge < -0.3 is 14.8 Å². The van der Waals surface area contributed by atoms with Crippen LogP contribution in [0, 0.1) is 13.8 Å². The zero-order valence-electron chi connectivity index (χ0n) is 11.7. The molecule has 0 saturated heterocycles. The highest BCUT2D eigenvalue weighted by Crippen LogP contribution is 2.09. The molecule has 6 nitrogen and oxygen atoms in total. The molecule has 0 spiro atoms. The van der Waals surface area contributed by atoms with E-state index in [-0.39, 0.29) is 12.5 Å². The molecule has 0 unspecified atom stereocenters. The van der Waals surface area contributed by atoms with Gasteiger partial charge in [0.2, 0.25) is 0 Å². The van der Waals surface area contributed by atoms with E-state index in [0.29, 0.717) is 5.56 Å². The van der Waals surface area contributed by atoms with Crippen molar-refractivity contribution in [2.75, 3.05) is 20.3 Å². The summed E-state index contributed by atoms with van der Waals surface area (Å²) >= 11 is 0. The summed E-state index contributed by atoms with van der Waals surface area (Å²) in [7, 11) is 1.19. The maximum absolute atomic E-state index is 11.8. The van der Waals surface area contributed by atoms with Crippen LogP contribution in [0.25, 0.3) is 0 Å². The Bertz CT molecular complexity index is 524. The van der Waals surface area contributed by atoms with E-state index >= 15 is 0 Å². The summed E-state index contributed by atoms with van der Waals surface area (Å²) in [5, 5.41) is 2.42. The molecule has 20 heavy (non-hydrogen) atoms. The fourth-order valence-electron chi connectivity index (χ4n) is 1.39. The van der Waals surface area contributed by atoms with Crippen LogP contribution in [0.5, 0.6) is 0 Å². The van der Waals surface area contributed by atoms with E-state index in [9.17, 15) is 14.4 Å². The molecule has 0 aliphatic rings. The van der Waals surface area contributed by atoms with Crippen molar-refractivity contribution in [2.45, 2.75) is 13.8 Å². The lowest BCUT2D eigenvalue weighted by Gasteiger charge is -2.07. The Morgan fingerprint density at radius 3 is 2.40 bits per heavy atom. The van der Waals surface area contributed by atoms with Gasteiger partial charge in [0, 0.05) is 5.56 Å². The molecular formula is C14H17NO5. The predicted octanol–water partition coefficient (Wildman–Crippen LogP) is 0.749. The third-order valence-corrected chi connectivity index (χ3v) is 2.74. The molecule has 1 aromatic carbocycles. The molecule has 0 aromatic heterocycles. The van der Waals surface area contributed by atoms with E-state index in [2.05, 4.69) is 14.8 Å². The molecule has 0 aliphatic carbocycles. The molecule has 1 N–H and O–H groups in total. The normalized spacial score (nSPS) is 9.75. The molecule has 0 heterocycles. The molecule has 0 bridgehead atoms. The Hall–Kier alpha value is -2.37. The van der Waals surface area contributed by atoms with Crippen molar-refractivity contribution in [1.82, 2.24) is 5.32 Å². The van der Waals surface area contributed by atoms with Crippen molar-refractivity contribution in [3.63, 3.8) is 0 Å². The van der Waals surface area contributed by atoms with Gasteiger partial charge in [-0.05, 0) is 37.1 Å². The highest BCUT2D eigenvalue weighted by atomic mass is 16.6. The molecule has 0 radical (unpaired) electrons. The van der Waals surface area contributed by atoms with Crippen LogP contribution in [-0.4, -0.2) is 38.1 Å². The van der Waals surface area contributed by atoms with Crippen molar-refractivity contribution in [1.29, 1.82) is 0 Å². The van der Waals surface area contributed by atoms with Crippen LogP contribution in [-0.2, 0) is 19.1 Å². The first kappa shape index (κ1) is 15.7. The van der Waals surface area contributed by atoms with Gasteiger partial charge in [-0.15, -0.1) is 0 Å². The second-order valence-corrected chi connectivity index (χ2v) is 4.22. The molecule has 1 amide bonds. The lowest BCUT2D eigenvalue weighted by Crippen LogP contribution is -2.31. The maximum atomic E-state index is 11.8. The zero-order valence-corrected chi connectivity index (χ0v) is 11.7. The maximum Gasteiger partial charge on any atom is 0.344 e. The molecular weight excluding hydrogens is 262 g/mol. The highest BCUT2D eigenvalue weighted by molar-refractivity contribution is 5.96. The fraction of sp³-hybridized carbons (Fsp3) is 0.357. The minimum Gasteiger partial charge on any atom is -0.466 e. The van der Waals surface area contributed by atoms with Crippen LogP contribution in [0.3, 0.4) is 0 Å². The van der Waals surface area contributed by atoms with Gasteiger partial charge in [0.1, 0.15) is 6.54 Å². The first-order chi connectivity index (χ1) is 9.43. The van der Waals surface area contributed by atoms with Crippen LogP contribution in [0.1, 0.15) is 21.5 Å². The topological polar surface area (TPSA) is 81.7 Å². The number of carbonyl (C=O) groups excluding carboxylic acids is 3. The second-order valence-electron chi connectivity index (χ2n) is 4.22. The van der Waals surface area contributed by atoms with E-state index in [1.54, 1.807) is 12.1 Å². The Balaban J connectivity index is 2.44. The number of aryl methyl sites for hydroxylation is 2. The Morgan fingerprint density at radius 1 is 1.10 bits per heavy atom. The molecule has 1 aromatic rings. The lowest BCUT2D eigenvalue weighted by molar-refractivity contribution is -0.156. The molecule has 6 heteroatoms. The summed E-state index contributed by atoms with van der Waals surface area (Å²) in [6, 6.07) is 5.25. The van der Waals surface area contributed by atoms with Crippen molar-refractivity contribution in [3.05, 3.63) is 34.9 Å². The monoisotopic (exact) mass is 279 g/mol. The first-order valence-electron chi connectivity index (χ1n) is 6.02. The SMILES string of the molecule is COC(=O)COC(=O)CNC(=O)c1ccc(C)c(C)c1. The number of esters is 2. The molecule has 0 atom stereocenters. The van der Waals surface area contributed by atoms with Gasteiger partial charge in [-0.1, -0.05) is 6.07 Å². The zero-order chi connectivity index (χ0) is 15.1. The van der Waals surface area contributed by atoms with Crippen molar-refractivity contribution < 1.29 is 23.9 Å². The number of nitrogens with one attached hydrogen (secondary N) is 1. The van der Waals surface area contributed by atoms with Gasteiger partial charge in [0.15, 0.2) is 6.61 Å². The van der Waals surface area contributed by atoms with Crippen LogP contribution in [0.15, 0.2) is 18.2 Å². The summed E-state index contributed by atoms with van der Waals surface area (Å²) in [6.07, 6.45) is 0. The summed E-state index contributed by atoms with van der Waals surface area (Å²) in [5.74, 6) is -1.73. The number of hydrogen-bond donors (Lipinski definition) is 1. The van der Waals surface area contributed by atoms with Gasteiger partial charge in [0.25, 0.3) is 5.91 Å². The quantitative estimate of drug-likeness (QED) is 0.804. The summed E-state index contributed by atoms with van der Waals surface area (Å²) in [5.41, 5.74) is 2.54. The van der Waals surface area contributed by atoms with Gasteiger partial charge in [-0.2, -0.15) is 0 Å². The Labute approximate surface area is 117 Å². The van der Waals surface area contributed by atoms with Gasteiger partial charge in [-0.3, -0.25) is 9.59 Å². The van der Waals surface area contributed by atoms with Crippen LogP contribution in [0.2, 0.25) is 0 Å². The number of methoxy groups -OCH3 is 1. The van der Waals surface area contributed by atoms with E-state index in [0.717, 1.165) is 11.1 Å². The highest BCUT2D eigenvalue weighted by Gasteiger charge is 2.11. The molecule has 108 valence electrons. The summed E-state index contributed by atoms with van der Waals surface area (Å²) in [6.45, 7) is 3.08. The van der Waals surface area contributed by atoms with Crippen molar-refractivity contribution >= 4 is 17.8 Å². The number of ether oxygens (including phenoxy) is 2. The van der Waals surface area contributed by atoms with Crippen LogP contribution in [0.4, 0.5) is 0 Å². The average Bonchev–Trinajstić information content (AvgIpc) is 2.44. The van der Waals surface area contributed by atoms with Gasteiger partial charge in [0.05, 0.1) is 7.11 Å². The third kappa shape index (κ3) is 4.72. The Morgan fingerprint density at radius 2 is 1.80 bits per heavy atom. The minimum atomic E-state index is -0.701. The lowest BCUT2D eigenvalue weighted by atomic mass is 10.1. The molecule has 0 saturated carbocycles. The number of benzene rings is 1. The largest absolute Gasteiger partial charge is 0.466 e. The van der Waals surface area contributed by atoms with Gasteiger partial charge in [-0.25, -0.2) is 4.79 Å². The molecule has 0 aliphatic heterocycles. The smallest absolute Gasteiger partial charge is 0.344 e. The van der Waals surface area contributed by atoms with E-state index in [4.69, 9.17) is 0 Å². The number of carbonyl (C=O) groups is 3. The van der Waals surface area contributed by atoms with E-state index in [1.807, 2.05) is 19.9 Å².